The SMILES string of the molecule is CCOc1ccccc1N(CC(=O)N(Cc1ccc(Cl)cc1)[C@H](Cc1ccccc1)C(=O)NC)S(=O)(=O)c1ccc(SC)cc1. The highest BCUT2D eigenvalue weighted by atomic mass is 35.5. The second-order valence-electron chi connectivity index (χ2n) is 10.1. The number of thioether (sulfide) groups is 1. The van der Waals surface area contributed by atoms with Crippen LogP contribution in [0.2, 0.25) is 5.02 Å². The van der Waals surface area contributed by atoms with E-state index < -0.39 is 28.5 Å². The maximum Gasteiger partial charge on any atom is 0.264 e. The number of anilines is 1. The Morgan fingerprint density at radius 2 is 1.53 bits per heavy atom. The molecular formula is C34H36ClN3O5S2. The number of hydrogen-bond acceptors (Lipinski definition) is 6. The summed E-state index contributed by atoms with van der Waals surface area (Å²) in [6, 6.07) is 28.6. The number of sulfonamides is 1. The fourth-order valence-electron chi connectivity index (χ4n) is 4.84. The van der Waals surface area contributed by atoms with Gasteiger partial charge in [-0.05, 0) is 72.8 Å². The highest BCUT2D eigenvalue weighted by molar-refractivity contribution is 7.98. The molecular weight excluding hydrogens is 630 g/mol. The Morgan fingerprint density at radius 3 is 2.16 bits per heavy atom. The van der Waals surface area contributed by atoms with E-state index in [2.05, 4.69) is 5.32 Å². The van der Waals surface area contributed by atoms with Gasteiger partial charge in [-0.15, -0.1) is 11.8 Å². The predicted molar refractivity (Wildman–Crippen MR) is 180 cm³/mol. The minimum absolute atomic E-state index is 0.0239. The van der Waals surface area contributed by atoms with Gasteiger partial charge >= 0.3 is 0 Å². The van der Waals surface area contributed by atoms with E-state index in [1.807, 2.05) is 36.6 Å². The van der Waals surface area contributed by atoms with Crippen LogP contribution < -0.4 is 14.4 Å². The van der Waals surface area contributed by atoms with Gasteiger partial charge in [0.1, 0.15) is 18.3 Å². The van der Waals surface area contributed by atoms with E-state index >= 15 is 0 Å². The zero-order valence-corrected chi connectivity index (χ0v) is 27.7. The quantitative estimate of drug-likeness (QED) is 0.165. The van der Waals surface area contributed by atoms with Gasteiger partial charge in [-0.3, -0.25) is 13.9 Å². The molecule has 2 amide bonds. The van der Waals surface area contributed by atoms with E-state index in [0.29, 0.717) is 17.4 Å². The van der Waals surface area contributed by atoms with Gasteiger partial charge in [-0.25, -0.2) is 8.42 Å². The third-order valence-electron chi connectivity index (χ3n) is 7.14. The molecule has 0 unspecified atom stereocenters. The second kappa shape index (κ2) is 15.8. The Labute approximate surface area is 274 Å². The number of amides is 2. The van der Waals surface area contributed by atoms with Crippen molar-refractivity contribution in [2.75, 3.05) is 30.8 Å². The normalized spacial score (nSPS) is 11.8. The van der Waals surface area contributed by atoms with E-state index in [0.717, 1.165) is 20.3 Å². The molecule has 4 rings (SSSR count). The van der Waals surface area contributed by atoms with Crippen molar-refractivity contribution in [3.63, 3.8) is 0 Å². The molecule has 0 bridgehead atoms. The molecule has 0 aromatic heterocycles. The van der Waals surface area contributed by atoms with Crippen molar-refractivity contribution in [1.82, 2.24) is 10.2 Å². The number of para-hydroxylation sites is 2. The summed E-state index contributed by atoms with van der Waals surface area (Å²) < 4.78 is 35.5. The predicted octanol–water partition coefficient (Wildman–Crippen LogP) is 6.04. The van der Waals surface area contributed by atoms with E-state index in [1.54, 1.807) is 67.6 Å². The van der Waals surface area contributed by atoms with Crippen LogP contribution in [0.5, 0.6) is 5.75 Å². The van der Waals surface area contributed by atoms with Crippen LogP contribution in [0, 0.1) is 0 Å². The van der Waals surface area contributed by atoms with Crippen molar-refractivity contribution in [3.8, 4) is 5.75 Å². The van der Waals surface area contributed by atoms with Crippen LogP contribution in [-0.2, 0) is 32.6 Å². The smallest absolute Gasteiger partial charge is 0.264 e. The number of carbonyl (C=O) groups excluding carboxylic acids is 2. The first kappa shape index (κ1) is 33.9. The van der Waals surface area contributed by atoms with Crippen LogP contribution in [0.25, 0.3) is 0 Å². The topological polar surface area (TPSA) is 96.0 Å². The summed E-state index contributed by atoms with van der Waals surface area (Å²) in [6.45, 7) is 1.56. The van der Waals surface area contributed by atoms with Crippen LogP contribution in [0.4, 0.5) is 5.69 Å². The lowest BCUT2D eigenvalue weighted by molar-refractivity contribution is -0.139. The molecule has 0 aliphatic rings. The lowest BCUT2D eigenvalue weighted by Crippen LogP contribution is -2.53. The van der Waals surface area contributed by atoms with Gasteiger partial charge in [-0.2, -0.15) is 0 Å². The van der Waals surface area contributed by atoms with Crippen LogP contribution in [0.15, 0.2) is 113 Å². The third kappa shape index (κ3) is 8.59. The molecule has 45 heavy (non-hydrogen) atoms. The minimum atomic E-state index is -4.26. The maximum absolute atomic E-state index is 14.5. The Bertz CT molecular complexity index is 1690. The van der Waals surface area contributed by atoms with Crippen LogP contribution >= 0.6 is 23.4 Å². The first-order valence-corrected chi connectivity index (χ1v) is 17.4. The lowest BCUT2D eigenvalue weighted by atomic mass is 10.0. The van der Waals surface area contributed by atoms with Crippen molar-refractivity contribution in [1.29, 1.82) is 0 Å². The van der Waals surface area contributed by atoms with Gasteiger partial charge in [0.2, 0.25) is 11.8 Å². The Hall–Kier alpha value is -3.99. The molecule has 1 atom stereocenters. The summed E-state index contributed by atoms with van der Waals surface area (Å²) >= 11 is 7.62. The van der Waals surface area contributed by atoms with Crippen LogP contribution in [0.3, 0.4) is 0 Å². The highest BCUT2D eigenvalue weighted by Crippen LogP contribution is 2.33. The van der Waals surface area contributed by atoms with Gasteiger partial charge in [0, 0.05) is 29.9 Å². The maximum atomic E-state index is 14.5. The van der Waals surface area contributed by atoms with Gasteiger partial charge < -0.3 is 15.0 Å². The van der Waals surface area contributed by atoms with E-state index in [4.69, 9.17) is 16.3 Å². The first-order chi connectivity index (χ1) is 21.7. The van der Waals surface area contributed by atoms with Crippen molar-refractivity contribution >= 4 is 50.9 Å². The molecule has 11 heteroatoms. The van der Waals surface area contributed by atoms with E-state index in [1.165, 1.54) is 35.8 Å². The Balaban J connectivity index is 1.82. The summed E-state index contributed by atoms with van der Waals surface area (Å²) in [7, 11) is -2.75. The van der Waals surface area contributed by atoms with Crippen molar-refractivity contribution in [2.24, 2.45) is 0 Å². The molecule has 0 fully saturated rings. The number of nitrogens with one attached hydrogen (secondary N) is 1. The standard InChI is InChI=1S/C34H36ClN3O5S2/c1-4-43-32-13-9-8-12-30(32)38(45(41,42)29-20-18-28(44-3)19-21-29)24-33(39)37(23-26-14-16-27(35)17-15-26)31(34(40)36-2)22-25-10-6-5-7-11-25/h5-21,31H,4,22-24H2,1-3H3,(H,36,40)/t31-/m1/s1. The number of carbonyl (C=O) groups is 2. The van der Waals surface area contributed by atoms with Crippen molar-refractivity contribution < 1.29 is 22.7 Å². The Kier molecular flexibility index (Phi) is 11.9. The number of benzene rings is 4. The Morgan fingerprint density at radius 1 is 0.889 bits per heavy atom. The summed E-state index contributed by atoms with van der Waals surface area (Å²) in [6.07, 6.45) is 2.12. The van der Waals surface area contributed by atoms with Gasteiger partial charge in [0.05, 0.1) is 17.2 Å². The van der Waals surface area contributed by atoms with Crippen molar-refractivity contribution in [3.05, 3.63) is 119 Å². The number of ether oxygens (including phenoxy) is 1. The molecule has 8 nitrogen and oxygen atoms in total. The zero-order chi connectivity index (χ0) is 32.4. The molecule has 0 saturated heterocycles. The lowest BCUT2D eigenvalue weighted by Gasteiger charge is -2.34. The zero-order valence-electron chi connectivity index (χ0n) is 25.4. The van der Waals surface area contributed by atoms with E-state index in [9.17, 15) is 18.0 Å². The molecule has 0 aliphatic heterocycles. The number of halogens is 1. The molecule has 0 heterocycles. The molecule has 236 valence electrons. The van der Waals surface area contributed by atoms with E-state index in [-0.39, 0.29) is 29.5 Å². The number of rotatable bonds is 14. The number of likely N-dealkylation sites (N-methyl/N-ethyl adjacent to an activating group) is 1. The summed E-state index contributed by atoms with van der Waals surface area (Å²) in [5.74, 6) is -0.628. The molecule has 0 radical (unpaired) electrons. The number of hydrogen-bond donors (Lipinski definition) is 1. The highest BCUT2D eigenvalue weighted by Gasteiger charge is 2.35. The molecule has 0 aliphatic carbocycles. The van der Waals surface area contributed by atoms with Crippen molar-refractivity contribution in [2.45, 2.75) is 35.7 Å². The molecule has 1 N–H and O–H groups in total. The second-order valence-corrected chi connectivity index (χ2v) is 13.2. The average Bonchev–Trinajstić information content (AvgIpc) is 3.06. The fraction of sp³-hybridized carbons (Fsp3) is 0.235. The monoisotopic (exact) mass is 665 g/mol. The number of nitrogens with zero attached hydrogens (tertiary/aromatic N) is 2. The molecule has 4 aromatic carbocycles. The van der Waals surface area contributed by atoms with Gasteiger partial charge in [-0.1, -0.05) is 66.2 Å². The molecule has 0 saturated carbocycles. The fourth-order valence-corrected chi connectivity index (χ4v) is 6.80. The first-order valence-electron chi connectivity index (χ1n) is 14.4. The molecule has 4 aromatic rings. The van der Waals surface area contributed by atoms with Gasteiger partial charge in [0.15, 0.2) is 0 Å². The minimum Gasteiger partial charge on any atom is -0.492 e. The summed E-state index contributed by atoms with van der Waals surface area (Å²) in [4.78, 5) is 30.2. The average molecular weight is 666 g/mol. The van der Waals surface area contributed by atoms with Gasteiger partial charge in [0.25, 0.3) is 10.0 Å². The largest absolute Gasteiger partial charge is 0.492 e. The third-order valence-corrected chi connectivity index (χ3v) is 9.91. The van der Waals surface area contributed by atoms with Crippen LogP contribution in [-0.4, -0.2) is 57.6 Å². The van der Waals surface area contributed by atoms with Crippen LogP contribution in [0.1, 0.15) is 18.1 Å². The molecule has 0 spiro atoms. The summed E-state index contributed by atoms with van der Waals surface area (Å²) in [5.41, 5.74) is 1.79. The summed E-state index contributed by atoms with van der Waals surface area (Å²) in [5, 5.41) is 3.21.